The molecular weight excluding hydrogens is 258 g/mol. The first-order chi connectivity index (χ1) is 9.40. The molecule has 0 spiro atoms. The molecule has 1 aliphatic rings. The minimum Gasteiger partial charge on any atom is -0.307 e. The van der Waals surface area contributed by atoms with E-state index in [1.54, 1.807) is 0 Å². The number of benzene rings is 1. The zero-order chi connectivity index (χ0) is 14.9. The minimum absolute atomic E-state index is 0.145. The maximum absolute atomic E-state index is 13.8. The van der Waals surface area contributed by atoms with E-state index in [0.717, 1.165) is 13.0 Å². The van der Waals surface area contributed by atoms with E-state index in [1.807, 2.05) is 6.92 Å². The summed E-state index contributed by atoms with van der Waals surface area (Å²) in [6.07, 6.45) is 0.998. The number of rotatable bonds is 3. The van der Waals surface area contributed by atoms with E-state index in [0.29, 0.717) is 12.0 Å². The summed E-state index contributed by atoms with van der Waals surface area (Å²) in [5.74, 6) is -0.481. The molecule has 0 radical (unpaired) electrons. The second kappa shape index (κ2) is 6.19. The van der Waals surface area contributed by atoms with Crippen LogP contribution in [-0.2, 0) is 0 Å². The van der Waals surface area contributed by atoms with Gasteiger partial charge in [0.15, 0.2) is 0 Å². The molecule has 0 saturated carbocycles. The van der Waals surface area contributed by atoms with E-state index in [4.69, 9.17) is 0 Å². The number of hydrogen-bond acceptors (Lipinski definition) is 2. The second-order valence-electron chi connectivity index (χ2n) is 6.13. The SMILES string of the molecule is CC(NC1CC(C)N(C)CC1C)c1c(F)cccc1F. The van der Waals surface area contributed by atoms with Gasteiger partial charge in [0.25, 0.3) is 0 Å². The van der Waals surface area contributed by atoms with Crippen LogP contribution in [0.3, 0.4) is 0 Å². The fourth-order valence-corrected chi connectivity index (χ4v) is 3.10. The first-order valence-corrected chi connectivity index (χ1v) is 7.30. The van der Waals surface area contributed by atoms with E-state index in [1.165, 1.54) is 18.2 Å². The predicted molar refractivity (Wildman–Crippen MR) is 77.6 cm³/mol. The molecule has 1 saturated heterocycles. The molecule has 1 heterocycles. The van der Waals surface area contributed by atoms with Crippen molar-refractivity contribution in [2.24, 2.45) is 5.92 Å². The second-order valence-corrected chi connectivity index (χ2v) is 6.13. The standard InChI is InChI=1S/C16H24F2N2/c1-10-9-20(4)11(2)8-15(10)19-12(3)16-13(17)6-5-7-14(16)18/h5-7,10-12,15,19H,8-9H2,1-4H3. The Hall–Kier alpha value is -1.00. The fourth-order valence-electron chi connectivity index (χ4n) is 3.10. The van der Waals surface area contributed by atoms with E-state index in [9.17, 15) is 8.78 Å². The molecule has 1 aliphatic heterocycles. The van der Waals surface area contributed by atoms with Gasteiger partial charge in [0.05, 0.1) is 0 Å². The Balaban J connectivity index is 2.09. The summed E-state index contributed by atoms with van der Waals surface area (Å²) in [5.41, 5.74) is 0.145. The van der Waals surface area contributed by atoms with E-state index in [-0.39, 0.29) is 17.6 Å². The Morgan fingerprint density at radius 2 is 1.85 bits per heavy atom. The molecule has 0 aromatic heterocycles. The van der Waals surface area contributed by atoms with Gasteiger partial charge in [-0.2, -0.15) is 0 Å². The Morgan fingerprint density at radius 1 is 1.25 bits per heavy atom. The Kier molecular flexibility index (Phi) is 4.76. The fraction of sp³-hybridized carbons (Fsp3) is 0.625. The molecule has 112 valence electrons. The number of halogens is 2. The van der Waals surface area contributed by atoms with Crippen molar-refractivity contribution in [1.29, 1.82) is 0 Å². The zero-order valence-electron chi connectivity index (χ0n) is 12.7. The smallest absolute Gasteiger partial charge is 0.130 e. The highest BCUT2D eigenvalue weighted by atomic mass is 19.1. The summed E-state index contributed by atoms with van der Waals surface area (Å²) in [6.45, 7) is 7.21. The third kappa shape index (κ3) is 3.18. The van der Waals surface area contributed by atoms with Crippen LogP contribution in [0.5, 0.6) is 0 Å². The molecule has 1 aromatic rings. The van der Waals surface area contributed by atoms with Crippen molar-refractivity contribution in [2.75, 3.05) is 13.6 Å². The van der Waals surface area contributed by atoms with Gasteiger partial charge in [-0.25, -0.2) is 8.78 Å². The first-order valence-electron chi connectivity index (χ1n) is 7.30. The quantitative estimate of drug-likeness (QED) is 0.914. The molecular formula is C16H24F2N2. The summed E-state index contributed by atoms with van der Waals surface area (Å²) in [6, 6.07) is 4.49. The van der Waals surface area contributed by atoms with E-state index >= 15 is 0 Å². The topological polar surface area (TPSA) is 15.3 Å². The van der Waals surface area contributed by atoms with Crippen molar-refractivity contribution in [1.82, 2.24) is 10.2 Å². The molecule has 0 bridgehead atoms. The molecule has 4 atom stereocenters. The lowest BCUT2D eigenvalue weighted by atomic mass is 9.89. The third-order valence-electron chi connectivity index (χ3n) is 4.51. The molecule has 0 amide bonds. The van der Waals surface area contributed by atoms with Crippen LogP contribution in [0.2, 0.25) is 0 Å². The van der Waals surface area contributed by atoms with Gasteiger partial charge in [0.2, 0.25) is 0 Å². The number of hydrogen-bond donors (Lipinski definition) is 1. The van der Waals surface area contributed by atoms with Crippen LogP contribution in [0.15, 0.2) is 18.2 Å². The van der Waals surface area contributed by atoms with Gasteiger partial charge in [0.1, 0.15) is 11.6 Å². The van der Waals surface area contributed by atoms with E-state index < -0.39 is 11.6 Å². The van der Waals surface area contributed by atoms with Crippen LogP contribution >= 0.6 is 0 Å². The normalized spacial score (nSPS) is 29.4. The molecule has 2 rings (SSSR count). The Labute approximate surface area is 120 Å². The third-order valence-corrected chi connectivity index (χ3v) is 4.51. The van der Waals surface area contributed by atoms with Gasteiger partial charge < -0.3 is 10.2 Å². The van der Waals surface area contributed by atoms with Crippen LogP contribution in [-0.4, -0.2) is 30.6 Å². The van der Waals surface area contributed by atoms with Crippen LogP contribution in [0.1, 0.15) is 38.8 Å². The van der Waals surface area contributed by atoms with Gasteiger partial charge >= 0.3 is 0 Å². The predicted octanol–water partition coefficient (Wildman–Crippen LogP) is 3.34. The highest BCUT2D eigenvalue weighted by Gasteiger charge is 2.30. The summed E-state index contributed by atoms with van der Waals surface area (Å²) in [5, 5.41) is 3.41. The summed E-state index contributed by atoms with van der Waals surface area (Å²) < 4.78 is 27.6. The van der Waals surface area contributed by atoms with Gasteiger partial charge in [0, 0.05) is 30.2 Å². The number of likely N-dealkylation sites (tertiary alicyclic amines) is 1. The lowest BCUT2D eigenvalue weighted by Gasteiger charge is -2.41. The largest absolute Gasteiger partial charge is 0.307 e. The van der Waals surface area contributed by atoms with Crippen molar-refractivity contribution in [2.45, 2.75) is 45.3 Å². The van der Waals surface area contributed by atoms with Gasteiger partial charge in [-0.15, -0.1) is 0 Å². The van der Waals surface area contributed by atoms with Gasteiger partial charge in [-0.3, -0.25) is 0 Å². The molecule has 1 aromatic carbocycles. The maximum atomic E-state index is 13.8. The average Bonchev–Trinajstić information content (AvgIpc) is 2.35. The highest BCUT2D eigenvalue weighted by molar-refractivity contribution is 5.23. The number of piperidine rings is 1. The molecule has 0 aliphatic carbocycles. The van der Waals surface area contributed by atoms with Crippen LogP contribution in [0.25, 0.3) is 0 Å². The molecule has 20 heavy (non-hydrogen) atoms. The molecule has 4 heteroatoms. The van der Waals surface area contributed by atoms with Crippen LogP contribution in [0.4, 0.5) is 8.78 Å². The number of nitrogens with zero attached hydrogens (tertiary/aromatic N) is 1. The zero-order valence-corrected chi connectivity index (χ0v) is 12.7. The molecule has 4 unspecified atom stereocenters. The van der Waals surface area contributed by atoms with Crippen molar-refractivity contribution >= 4 is 0 Å². The van der Waals surface area contributed by atoms with Crippen molar-refractivity contribution in [3.8, 4) is 0 Å². The van der Waals surface area contributed by atoms with E-state index in [2.05, 4.69) is 31.1 Å². The molecule has 1 fully saturated rings. The highest BCUT2D eigenvalue weighted by Crippen LogP contribution is 2.26. The monoisotopic (exact) mass is 282 g/mol. The average molecular weight is 282 g/mol. The Morgan fingerprint density at radius 3 is 2.45 bits per heavy atom. The molecule has 2 nitrogen and oxygen atoms in total. The maximum Gasteiger partial charge on any atom is 0.130 e. The van der Waals surface area contributed by atoms with Crippen molar-refractivity contribution in [3.63, 3.8) is 0 Å². The Bertz CT molecular complexity index is 444. The van der Waals surface area contributed by atoms with Crippen molar-refractivity contribution < 1.29 is 8.78 Å². The van der Waals surface area contributed by atoms with Gasteiger partial charge in [-0.05, 0) is 45.4 Å². The first kappa shape index (κ1) is 15.4. The van der Waals surface area contributed by atoms with Gasteiger partial charge in [-0.1, -0.05) is 13.0 Å². The lowest BCUT2D eigenvalue weighted by Crippen LogP contribution is -2.51. The van der Waals surface area contributed by atoms with Crippen LogP contribution in [0, 0.1) is 17.6 Å². The minimum atomic E-state index is -0.473. The summed E-state index contributed by atoms with van der Waals surface area (Å²) in [4.78, 5) is 2.33. The van der Waals surface area contributed by atoms with Crippen molar-refractivity contribution in [3.05, 3.63) is 35.4 Å². The van der Waals surface area contributed by atoms with Crippen LogP contribution < -0.4 is 5.32 Å². The number of nitrogens with one attached hydrogen (secondary N) is 1. The molecule has 1 N–H and O–H groups in total. The lowest BCUT2D eigenvalue weighted by molar-refractivity contribution is 0.116. The summed E-state index contributed by atoms with van der Waals surface area (Å²) in [7, 11) is 2.12. The summed E-state index contributed by atoms with van der Waals surface area (Å²) >= 11 is 0.